The summed E-state index contributed by atoms with van der Waals surface area (Å²) in [5.41, 5.74) is 0. The smallest absolute Gasteiger partial charge is 0.237 e. The Bertz CT molecular complexity index is 294. The number of hydrogen-bond acceptors (Lipinski definition) is 4. The molecule has 0 aromatic carbocycles. The van der Waals surface area contributed by atoms with E-state index in [1.807, 2.05) is 0 Å². The second-order valence-corrected chi connectivity index (χ2v) is 6.48. The van der Waals surface area contributed by atoms with Crippen molar-refractivity contribution in [1.82, 2.24) is 20.4 Å². The lowest BCUT2D eigenvalue weighted by atomic mass is 9.96. The molecule has 1 unspecified atom stereocenters. The van der Waals surface area contributed by atoms with Gasteiger partial charge in [0.15, 0.2) is 0 Å². The molecule has 0 bridgehead atoms. The lowest BCUT2D eigenvalue weighted by Crippen LogP contribution is -2.44. The monoisotopic (exact) mass is 282 g/mol. The fraction of sp³-hybridized carbons (Fsp3) is 0.933. The number of rotatable bonds is 6. The number of piperidine rings is 1. The summed E-state index contributed by atoms with van der Waals surface area (Å²) in [7, 11) is 4.25. The van der Waals surface area contributed by atoms with E-state index in [1.165, 1.54) is 25.9 Å². The van der Waals surface area contributed by atoms with Crippen LogP contribution in [-0.2, 0) is 4.79 Å². The molecule has 0 radical (unpaired) electrons. The first-order valence-corrected chi connectivity index (χ1v) is 8.03. The zero-order chi connectivity index (χ0) is 14.4. The Morgan fingerprint density at radius 1 is 1.30 bits per heavy atom. The second-order valence-electron chi connectivity index (χ2n) is 6.48. The number of carbonyl (C=O) groups is 1. The van der Waals surface area contributed by atoms with Gasteiger partial charge in [-0.25, -0.2) is 0 Å². The maximum Gasteiger partial charge on any atom is 0.237 e. The van der Waals surface area contributed by atoms with Crippen molar-refractivity contribution in [2.75, 3.05) is 53.4 Å². The van der Waals surface area contributed by atoms with Crippen molar-refractivity contribution >= 4 is 5.91 Å². The van der Waals surface area contributed by atoms with Gasteiger partial charge in [0.25, 0.3) is 0 Å². The van der Waals surface area contributed by atoms with Crippen molar-refractivity contribution in [2.45, 2.75) is 31.7 Å². The van der Waals surface area contributed by atoms with Gasteiger partial charge in [-0.2, -0.15) is 0 Å². The van der Waals surface area contributed by atoms with Crippen LogP contribution in [0.15, 0.2) is 0 Å². The van der Waals surface area contributed by atoms with Crippen LogP contribution < -0.4 is 10.6 Å². The van der Waals surface area contributed by atoms with E-state index in [0.717, 1.165) is 39.0 Å². The van der Waals surface area contributed by atoms with Crippen molar-refractivity contribution in [1.29, 1.82) is 0 Å². The van der Waals surface area contributed by atoms with Gasteiger partial charge in [0.2, 0.25) is 5.91 Å². The molecule has 0 saturated carbocycles. The summed E-state index contributed by atoms with van der Waals surface area (Å²) in [5.74, 6) is 0.869. The van der Waals surface area contributed by atoms with Crippen LogP contribution in [0.25, 0.3) is 0 Å². The van der Waals surface area contributed by atoms with Crippen LogP contribution in [0.2, 0.25) is 0 Å². The fourth-order valence-electron chi connectivity index (χ4n) is 3.03. The maximum atomic E-state index is 11.9. The van der Waals surface area contributed by atoms with Gasteiger partial charge in [-0.15, -0.1) is 0 Å². The van der Waals surface area contributed by atoms with Crippen LogP contribution in [0.3, 0.4) is 0 Å². The van der Waals surface area contributed by atoms with E-state index in [1.54, 1.807) is 0 Å². The average molecular weight is 282 g/mol. The summed E-state index contributed by atoms with van der Waals surface area (Å²) in [6.07, 6.45) is 4.55. The van der Waals surface area contributed by atoms with E-state index in [9.17, 15) is 4.79 Å². The molecular formula is C15H30N4O. The third-order valence-corrected chi connectivity index (χ3v) is 4.51. The number of hydrogen-bond donors (Lipinski definition) is 2. The molecule has 116 valence electrons. The van der Waals surface area contributed by atoms with Crippen molar-refractivity contribution in [3.05, 3.63) is 0 Å². The number of nitrogens with zero attached hydrogens (tertiary/aromatic N) is 2. The molecule has 5 heteroatoms. The molecule has 0 aliphatic carbocycles. The van der Waals surface area contributed by atoms with Crippen LogP contribution in [0.5, 0.6) is 0 Å². The molecular weight excluding hydrogens is 252 g/mol. The van der Waals surface area contributed by atoms with E-state index in [0.29, 0.717) is 5.92 Å². The minimum absolute atomic E-state index is 0.0650. The van der Waals surface area contributed by atoms with Crippen molar-refractivity contribution in [3.63, 3.8) is 0 Å². The van der Waals surface area contributed by atoms with Gasteiger partial charge in [0.1, 0.15) is 0 Å². The summed E-state index contributed by atoms with van der Waals surface area (Å²) in [4.78, 5) is 16.7. The molecule has 0 spiro atoms. The number of likely N-dealkylation sites (tertiary alicyclic amines) is 1. The molecule has 0 aromatic rings. The summed E-state index contributed by atoms with van der Waals surface area (Å²) < 4.78 is 0. The minimum atomic E-state index is 0.0650. The summed E-state index contributed by atoms with van der Waals surface area (Å²) in [6, 6.07) is 0.0650. The molecule has 2 aliphatic heterocycles. The summed E-state index contributed by atoms with van der Waals surface area (Å²) >= 11 is 0. The Hall–Kier alpha value is -0.650. The number of nitrogens with one attached hydrogen (secondary N) is 2. The predicted molar refractivity (Wildman–Crippen MR) is 81.8 cm³/mol. The first-order valence-electron chi connectivity index (χ1n) is 8.03. The van der Waals surface area contributed by atoms with E-state index in [4.69, 9.17) is 0 Å². The zero-order valence-electron chi connectivity index (χ0n) is 13.0. The van der Waals surface area contributed by atoms with Crippen LogP contribution in [0.4, 0.5) is 0 Å². The highest BCUT2D eigenvalue weighted by atomic mass is 16.2. The molecule has 1 amide bonds. The largest absolute Gasteiger partial charge is 0.354 e. The number of likely N-dealkylation sites (N-methyl/N-ethyl adjacent to an activating group) is 1. The highest BCUT2D eigenvalue weighted by Crippen LogP contribution is 2.16. The summed E-state index contributed by atoms with van der Waals surface area (Å²) in [6.45, 7) is 6.50. The molecule has 2 rings (SSSR count). The first-order chi connectivity index (χ1) is 9.65. The molecule has 2 N–H and O–H groups in total. The minimum Gasteiger partial charge on any atom is -0.354 e. The first kappa shape index (κ1) is 15.7. The van der Waals surface area contributed by atoms with Gasteiger partial charge >= 0.3 is 0 Å². The molecule has 5 nitrogen and oxygen atoms in total. The third kappa shape index (κ3) is 5.04. The van der Waals surface area contributed by atoms with Crippen LogP contribution in [0, 0.1) is 5.92 Å². The van der Waals surface area contributed by atoms with Gasteiger partial charge in [-0.3, -0.25) is 4.79 Å². The molecule has 2 heterocycles. The van der Waals surface area contributed by atoms with Gasteiger partial charge < -0.3 is 20.4 Å². The molecule has 0 aromatic heterocycles. The Kier molecular flexibility index (Phi) is 6.26. The molecule has 2 saturated heterocycles. The van der Waals surface area contributed by atoms with Gasteiger partial charge in [0, 0.05) is 19.6 Å². The van der Waals surface area contributed by atoms with E-state index in [-0.39, 0.29) is 11.9 Å². The van der Waals surface area contributed by atoms with E-state index >= 15 is 0 Å². The van der Waals surface area contributed by atoms with E-state index < -0.39 is 0 Å². The van der Waals surface area contributed by atoms with Crippen molar-refractivity contribution in [3.8, 4) is 0 Å². The van der Waals surface area contributed by atoms with Gasteiger partial charge in [0.05, 0.1) is 6.04 Å². The lowest BCUT2D eigenvalue weighted by molar-refractivity contribution is -0.123. The fourth-order valence-corrected chi connectivity index (χ4v) is 3.03. The zero-order valence-corrected chi connectivity index (χ0v) is 13.0. The van der Waals surface area contributed by atoms with Crippen LogP contribution in [-0.4, -0.2) is 75.1 Å². The number of amides is 1. The summed E-state index contributed by atoms with van der Waals surface area (Å²) in [5, 5.41) is 6.38. The Morgan fingerprint density at radius 2 is 2.05 bits per heavy atom. The Morgan fingerprint density at radius 3 is 2.65 bits per heavy atom. The molecule has 1 atom stereocenters. The average Bonchev–Trinajstić information content (AvgIpc) is 2.98. The highest BCUT2D eigenvalue weighted by Gasteiger charge is 2.24. The Labute approximate surface area is 123 Å². The quantitative estimate of drug-likeness (QED) is 0.727. The number of carbonyl (C=O) groups excluding carboxylic acids is 1. The normalized spacial score (nSPS) is 25.2. The molecule has 2 fully saturated rings. The van der Waals surface area contributed by atoms with E-state index in [2.05, 4.69) is 34.5 Å². The predicted octanol–water partition coefficient (Wildman–Crippen LogP) is 0.128. The SMILES string of the molecule is CN(C)CCN1CCC(CNC(=O)C2CCCN2)CC1. The highest BCUT2D eigenvalue weighted by molar-refractivity contribution is 5.81. The van der Waals surface area contributed by atoms with Crippen molar-refractivity contribution in [2.24, 2.45) is 5.92 Å². The topological polar surface area (TPSA) is 47.6 Å². The Balaban J connectivity index is 1.58. The van der Waals surface area contributed by atoms with Gasteiger partial charge in [-0.1, -0.05) is 0 Å². The van der Waals surface area contributed by atoms with Crippen LogP contribution >= 0.6 is 0 Å². The molecule has 2 aliphatic rings. The van der Waals surface area contributed by atoms with Gasteiger partial charge in [-0.05, 0) is 65.3 Å². The standard InChI is InChI=1S/C15H30N4O/c1-18(2)10-11-19-8-5-13(6-9-19)12-17-15(20)14-4-3-7-16-14/h13-14,16H,3-12H2,1-2H3,(H,17,20). The maximum absolute atomic E-state index is 11.9. The third-order valence-electron chi connectivity index (χ3n) is 4.51. The second kappa shape index (κ2) is 7.96. The lowest BCUT2D eigenvalue weighted by Gasteiger charge is -2.32. The van der Waals surface area contributed by atoms with Crippen LogP contribution in [0.1, 0.15) is 25.7 Å². The molecule has 20 heavy (non-hydrogen) atoms. The van der Waals surface area contributed by atoms with Crippen molar-refractivity contribution < 1.29 is 4.79 Å².